The van der Waals surface area contributed by atoms with E-state index >= 15 is 0 Å². The normalized spacial score (nSPS) is 10.5. The van der Waals surface area contributed by atoms with E-state index in [0.717, 1.165) is 0 Å². The van der Waals surface area contributed by atoms with Gasteiger partial charge < -0.3 is 5.73 Å². The summed E-state index contributed by atoms with van der Waals surface area (Å²) in [6, 6.07) is 3.98. The Morgan fingerprint density at radius 1 is 1.36 bits per heavy atom. The number of hydrogen-bond acceptors (Lipinski definition) is 2. The SMILES string of the molecule is Nc1ccc(C(F)F)cc1S. The second-order valence-electron chi connectivity index (χ2n) is 2.12. The molecule has 0 bridgehead atoms. The summed E-state index contributed by atoms with van der Waals surface area (Å²) in [4.78, 5) is 0.391. The third-order valence-electron chi connectivity index (χ3n) is 1.31. The lowest BCUT2D eigenvalue weighted by Gasteiger charge is -2.02. The lowest BCUT2D eigenvalue weighted by atomic mass is 10.2. The molecule has 0 heterocycles. The summed E-state index contributed by atoms with van der Waals surface area (Å²) in [6.07, 6.45) is -2.46. The van der Waals surface area contributed by atoms with E-state index in [9.17, 15) is 8.78 Å². The van der Waals surface area contributed by atoms with E-state index in [1.54, 1.807) is 0 Å². The maximum atomic E-state index is 12.0. The number of nitrogen functional groups attached to an aromatic ring is 1. The molecule has 0 radical (unpaired) electrons. The first kappa shape index (κ1) is 8.33. The molecular weight excluding hydrogens is 168 g/mol. The minimum Gasteiger partial charge on any atom is -0.398 e. The summed E-state index contributed by atoms with van der Waals surface area (Å²) in [7, 11) is 0. The van der Waals surface area contributed by atoms with E-state index < -0.39 is 6.43 Å². The van der Waals surface area contributed by atoms with Crippen LogP contribution in [0.5, 0.6) is 0 Å². The molecule has 1 aromatic carbocycles. The van der Waals surface area contributed by atoms with Crippen LogP contribution in [0.25, 0.3) is 0 Å². The summed E-state index contributed by atoms with van der Waals surface area (Å²) in [5.41, 5.74) is 5.73. The predicted octanol–water partition coefficient (Wildman–Crippen LogP) is 2.50. The molecule has 4 heteroatoms. The van der Waals surface area contributed by atoms with E-state index in [4.69, 9.17) is 5.73 Å². The molecule has 1 rings (SSSR count). The van der Waals surface area contributed by atoms with Crippen LogP contribution in [-0.2, 0) is 0 Å². The average Bonchev–Trinajstić information content (AvgIpc) is 1.94. The van der Waals surface area contributed by atoms with Crippen molar-refractivity contribution in [2.45, 2.75) is 11.3 Å². The van der Waals surface area contributed by atoms with Gasteiger partial charge in [-0.1, -0.05) is 6.07 Å². The first-order valence-corrected chi connectivity index (χ1v) is 3.42. The minimum atomic E-state index is -2.46. The number of alkyl halides is 2. The van der Waals surface area contributed by atoms with Gasteiger partial charge in [0.25, 0.3) is 6.43 Å². The quantitative estimate of drug-likeness (QED) is 0.497. The molecule has 60 valence electrons. The van der Waals surface area contributed by atoms with Gasteiger partial charge in [0.05, 0.1) is 0 Å². The van der Waals surface area contributed by atoms with Crippen molar-refractivity contribution in [3.63, 3.8) is 0 Å². The van der Waals surface area contributed by atoms with Crippen molar-refractivity contribution < 1.29 is 8.78 Å². The van der Waals surface area contributed by atoms with Crippen LogP contribution in [0.1, 0.15) is 12.0 Å². The van der Waals surface area contributed by atoms with E-state index in [1.165, 1.54) is 18.2 Å². The Kier molecular flexibility index (Phi) is 2.34. The first-order valence-electron chi connectivity index (χ1n) is 2.98. The van der Waals surface area contributed by atoms with Crippen molar-refractivity contribution >= 4 is 18.3 Å². The molecule has 1 aromatic rings. The van der Waals surface area contributed by atoms with Gasteiger partial charge in [0.1, 0.15) is 0 Å². The largest absolute Gasteiger partial charge is 0.398 e. The second-order valence-corrected chi connectivity index (χ2v) is 2.60. The number of halogens is 2. The highest BCUT2D eigenvalue weighted by Gasteiger charge is 2.07. The van der Waals surface area contributed by atoms with Crippen LogP contribution >= 0.6 is 12.6 Å². The van der Waals surface area contributed by atoms with Crippen molar-refractivity contribution in [3.05, 3.63) is 23.8 Å². The monoisotopic (exact) mass is 175 g/mol. The summed E-state index contributed by atoms with van der Waals surface area (Å²) >= 11 is 3.90. The zero-order valence-electron chi connectivity index (χ0n) is 5.59. The highest BCUT2D eigenvalue weighted by molar-refractivity contribution is 7.80. The van der Waals surface area contributed by atoms with Gasteiger partial charge in [-0.2, -0.15) is 0 Å². The molecule has 0 unspecified atom stereocenters. The number of rotatable bonds is 1. The maximum absolute atomic E-state index is 12.0. The summed E-state index contributed by atoms with van der Waals surface area (Å²) in [5.74, 6) is 0. The van der Waals surface area contributed by atoms with Gasteiger partial charge >= 0.3 is 0 Å². The van der Waals surface area contributed by atoms with Crippen molar-refractivity contribution in [1.29, 1.82) is 0 Å². The van der Waals surface area contributed by atoms with Gasteiger partial charge in [-0.15, -0.1) is 12.6 Å². The fourth-order valence-electron chi connectivity index (χ4n) is 0.696. The third kappa shape index (κ3) is 1.83. The van der Waals surface area contributed by atoms with Crippen molar-refractivity contribution in [2.24, 2.45) is 0 Å². The molecule has 2 N–H and O–H groups in total. The Balaban J connectivity index is 3.05. The van der Waals surface area contributed by atoms with E-state index in [-0.39, 0.29) is 5.56 Å². The van der Waals surface area contributed by atoms with Crippen LogP contribution in [-0.4, -0.2) is 0 Å². The van der Waals surface area contributed by atoms with E-state index in [0.29, 0.717) is 10.6 Å². The summed E-state index contributed by atoms with van der Waals surface area (Å²) in [5, 5.41) is 0. The zero-order chi connectivity index (χ0) is 8.43. The molecule has 0 aliphatic carbocycles. The molecule has 0 saturated carbocycles. The van der Waals surface area contributed by atoms with Crippen LogP contribution in [0.2, 0.25) is 0 Å². The molecule has 0 amide bonds. The number of thiol groups is 1. The van der Waals surface area contributed by atoms with Crippen molar-refractivity contribution in [3.8, 4) is 0 Å². The van der Waals surface area contributed by atoms with Gasteiger partial charge in [0.15, 0.2) is 0 Å². The fraction of sp³-hybridized carbons (Fsp3) is 0.143. The first-order chi connectivity index (χ1) is 5.11. The lowest BCUT2D eigenvalue weighted by Crippen LogP contribution is -1.89. The van der Waals surface area contributed by atoms with Crippen LogP contribution in [0, 0.1) is 0 Å². The summed E-state index contributed by atoms with van der Waals surface area (Å²) < 4.78 is 24.0. The predicted molar refractivity (Wildman–Crippen MR) is 43.1 cm³/mol. The molecule has 1 nitrogen and oxygen atoms in total. The zero-order valence-corrected chi connectivity index (χ0v) is 6.48. The van der Waals surface area contributed by atoms with Gasteiger partial charge in [0, 0.05) is 16.1 Å². The minimum absolute atomic E-state index is 0.0517. The molecule has 0 aromatic heterocycles. The lowest BCUT2D eigenvalue weighted by molar-refractivity contribution is 0.151. The Morgan fingerprint density at radius 2 is 2.00 bits per heavy atom. The average molecular weight is 175 g/mol. The smallest absolute Gasteiger partial charge is 0.263 e. The molecule has 0 atom stereocenters. The van der Waals surface area contributed by atoms with Crippen LogP contribution < -0.4 is 5.73 Å². The van der Waals surface area contributed by atoms with E-state index in [2.05, 4.69) is 12.6 Å². The third-order valence-corrected chi connectivity index (χ3v) is 1.69. The van der Waals surface area contributed by atoms with Gasteiger partial charge in [-0.25, -0.2) is 8.78 Å². The number of benzene rings is 1. The maximum Gasteiger partial charge on any atom is 0.263 e. The Hall–Kier alpha value is -0.770. The van der Waals surface area contributed by atoms with E-state index in [1.807, 2.05) is 0 Å². The van der Waals surface area contributed by atoms with Crippen LogP contribution in [0.4, 0.5) is 14.5 Å². The van der Waals surface area contributed by atoms with Crippen LogP contribution in [0.15, 0.2) is 23.1 Å². The van der Waals surface area contributed by atoms with Crippen molar-refractivity contribution in [1.82, 2.24) is 0 Å². The number of hydrogen-bond donors (Lipinski definition) is 2. The summed E-state index contributed by atoms with van der Waals surface area (Å²) in [6.45, 7) is 0. The Morgan fingerprint density at radius 3 is 2.45 bits per heavy atom. The Labute approximate surface area is 68.6 Å². The molecule has 0 spiro atoms. The number of anilines is 1. The molecule has 0 aliphatic heterocycles. The highest BCUT2D eigenvalue weighted by Crippen LogP contribution is 2.24. The van der Waals surface area contributed by atoms with Crippen molar-refractivity contribution in [2.75, 3.05) is 5.73 Å². The fourth-order valence-corrected chi connectivity index (χ4v) is 0.920. The molecule has 0 fully saturated rings. The molecular formula is C7H7F2NS. The Bertz CT molecular complexity index is 263. The topological polar surface area (TPSA) is 26.0 Å². The van der Waals surface area contributed by atoms with Gasteiger partial charge in [-0.3, -0.25) is 0 Å². The van der Waals surface area contributed by atoms with Gasteiger partial charge in [0.2, 0.25) is 0 Å². The van der Waals surface area contributed by atoms with Gasteiger partial charge in [-0.05, 0) is 12.1 Å². The highest BCUT2D eigenvalue weighted by atomic mass is 32.1. The molecule has 11 heavy (non-hydrogen) atoms. The number of nitrogens with two attached hydrogens (primary N) is 1. The molecule has 0 saturated heterocycles. The van der Waals surface area contributed by atoms with Crippen LogP contribution in [0.3, 0.4) is 0 Å². The standard InChI is InChI=1S/C7H7F2NS/c8-7(9)4-1-2-5(10)6(11)3-4/h1-3,7,11H,10H2. The second kappa shape index (κ2) is 3.09. The molecule has 0 aliphatic rings.